The molecule has 0 atom stereocenters. The Hall–Kier alpha value is -1.52. The molecule has 102 valence electrons. The van der Waals surface area contributed by atoms with E-state index in [1.807, 2.05) is 33.2 Å². The Morgan fingerprint density at radius 1 is 1.42 bits per heavy atom. The summed E-state index contributed by atoms with van der Waals surface area (Å²) in [6, 6.07) is 3.99. The number of halogens is 1. The molecule has 0 saturated carbocycles. The van der Waals surface area contributed by atoms with E-state index in [0.717, 1.165) is 35.8 Å². The van der Waals surface area contributed by atoms with Gasteiger partial charge in [-0.15, -0.1) is 0 Å². The zero-order chi connectivity index (χ0) is 13.8. The molecule has 19 heavy (non-hydrogen) atoms. The van der Waals surface area contributed by atoms with Gasteiger partial charge < -0.3 is 14.6 Å². The number of nitrogens with one attached hydrogen (secondary N) is 1. The topological polar surface area (TPSA) is 41.3 Å². The lowest BCUT2D eigenvalue weighted by Crippen LogP contribution is -2.18. The van der Waals surface area contributed by atoms with Crippen molar-refractivity contribution in [3.05, 3.63) is 46.5 Å². The summed E-state index contributed by atoms with van der Waals surface area (Å²) in [5.74, 6) is 1.84. The summed E-state index contributed by atoms with van der Waals surface area (Å²) in [4.78, 5) is 6.44. The van der Waals surface area contributed by atoms with E-state index in [1.165, 1.54) is 0 Å². The molecular formula is C14H18ClN3O. The fourth-order valence-electron chi connectivity index (χ4n) is 1.91. The van der Waals surface area contributed by atoms with Crippen LogP contribution >= 0.6 is 11.6 Å². The third-order valence-corrected chi connectivity index (χ3v) is 3.39. The van der Waals surface area contributed by atoms with Gasteiger partial charge in [-0.3, -0.25) is 0 Å². The summed E-state index contributed by atoms with van der Waals surface area (Å²) < 4.78 is 5.30. The second-order valence-electron chi connectivity index (χ2n) is 4.52. The molecule has 0 unspecified atom stereocenters. The largest absolute Gasteiger partial charge is 0.469 e. The Kier molecular flexibility index (Phi) is 4.45. The Bertz CT molecular complexity index is 553. The van der Waals surface area contributed by atoms with Crippen LogP contribution in [-0.4, -0.2) is 19.1 Å². The molecule has 5 heteroatoms. The summed E-state index contributed by atoms with van der Waals surface area (Å²) in [5, 5.41) is 3.79. The number of anilines is 1. The van der Waals surface area contributed by atoms with Crippen LogP contribution in [-0.2, 0) is 13.1 Å². The van der Waals surface area contributed by atoms with Gasteiger partial charge in [-0.1, -0.05) is 11.6 Å². The van der Waals surface area contributed by atoms with Crippen molar-refractivity contribution in [2.24, 2.45) is 0 Å². The first-order chi connectivity index (χ1) is 9.11. The van der Waals surface area contributed by atoms with Gasteiger partial charge in [0, 0.05) is 31.9 Å². The molecular weight excluding hydrogens is 262 g/mol. The number of aromatic nitrogens is 1. The van der Waals surface area contributed by atoms with Gasteiger partial charge >= 0.3 is 0 Å². The molecule has 2 aromatic heterocycles. The third kappa shape index (κ3) is 3.28. The number of hydrogen-bond acceptors (Lipinski definition) is 4. The smallest absolute Gasteiger partial charge is 0.128 e. The number of aryl methyl sites for hydroxylation is 1. The lowest BCUT2D eigenvalue weighted by molar-refractivity contribution is 0.529. The maximum absolute atomic E-state index is 6.11. The number of rotatable bonds is 5. The molecule has 2 heterocycles. The van der Waals surface area contributed by atoms with Gasteiger partial charge in [-0.2, -0.15) is 0 Å². The third-order valence-electron chi connectivity index (χ3n) is 3.05. The molecule has 2 aromatic rings. The minimum atomic E-state index is 0.686. The number of nitrogens with zero attached hydrogens (tertiary/aromatic N) is 2. The van der Waals surface area contributed by atoms with Gasteiger partial charge in [0.1, 0.15) is 11.6 Å². The maximum atomic E-state index is 6.11. The number of furan rings is 1. The highest BCUT2D eigenvalue weighted by atomic mass is 35.5. The molecule has 1 N–H and O–H groups in total. The highest BCUT2D eigenvalue weighted by Gasteiger charge is 2.09. The molecule has 0 spiro atoms. The minimum Gasteiger partial charge on any atom is -0.469 e. The van der Waals surface area contributed by atoms with Crippen molar-refractivity contribution < 1.29 is 4.42 Å². The Morgan fingerprint density at radius 3 is 2.84 bits per heavy atom. The van der Waals surface area contributed by atoms with Crippen LogP contribution in [0.1, 0.15) is 16.9 Å². The predicted molar refractivity (Wildman–Crippen MR) is 77.6 cm³/mol. The zero-order valence-electron chi connectivity index (χ0n) is 11.4. The molecule has 0 saturated heterocycles. The normalized spacial score (nSPS) is 10.7. The molecule has 0 aromatic carbocycles. The second kappa shape index (κ2) is 6.08. The van der Waals surface area contributed by atoms with Gasteiger partial charge in [0.25, 0.3) is 0 Å². The average Bonchev–Trinajstić information content (AvgIpc) is 2.78. The van der Waals surface area contributed by atoms with E-state index in [4.69, 9.17) is 16.0 Å². The van der Waals surface area contributed by atoms with Crippen molar-refractivity contribution in [1.29, 1.82) is 0 Å². The van der Waals surface area contributed by atoms with E-state index in [0.29, 0.717) is 5.02 Å². The van der Waals surface area contributed by atoms with Crippen molar-refractivity contribution in [1.82, 2.24) is 10.3 Å². The lowest BCUT2D eigenvalue weighted by atomic mass is 10.2. The van der Waals surface area contributed by atoms with Crippen LogP contribution in [0.15, 0.2) is 29.0 Å². The van der Waals surface area contributed by atoms with E-state index >= 15 is 0 Å². The average molecular weight is 280 g/mol. The molecule has 0 aliphatic heterocycles. The van der Waals surface area contributed by atoms with E-state index in [-0.39, 0.29) is 0 Å². The SMILES string of the molecule is CNCc1cc(N(C)Cc2ccoc2C)ncc1Cl. The maximum Gasteiger partial charge on any atom is 0.128 e. The van der Waals surface area contributed by atoms with E-state index in [9.17, 15) is 0 Å². The molecule has 0 amide bonds. The lowest BCUT2D eigenvalue weighted by Gasteiger charge is -2.19. The highest BCUT2D eigenvalue weighted by Crippen LogP contribution is 2.21. The van der Waals surface area contributed by atoms with E-state index in [1.54, 1.807) is 12.5 Å². The van der Waals surface area contributed by atoms with Crippen LogP contribution in [0, 0.1) is 6.92 Å². The van der Waals surface area contributed by atoms with Gasteiger partial charge in [0.2, 0.25) is 0 Å². The summed E-state index contributed by atoms with van der Waals surface area (Å²) in [5.41, 5.74) is 2.21. The minimum absolute atomic E-state index is 0.686. The molecule has 2 rings (SSSR count). The zero-order valence-corrected chi connectivity index (χ0v) is 12.2. The first kappa shape index (κ1) is 13.9. The summed E-state index contributed by atoms with van der Waals surface area (Å²) in [6.07, 6.45) is 3.41. The van der Waals surface area contributed by atoms with Crippen molar-refractivity contribution >= 4 is 17.4 Å². The quantitative estimate of drug-likeness (QED) is 0.914. The Morgan fingerprint density at radius 2 is 2.21 bits per heavy atom. The van der Waals surface area contributed by atoms with Crippen LogP contribution in [0.4, 0.5) is 5.82 Å². The van der Waals surface area contributed by atoms with Crippen LogP contribution in [0.2, 0.25) is 5.02 Å². The summed E-state index contributed by atoms with van der Waals surface area (Å²) >= 11 is 6.11. The van der Waals surface area contributed by atoms with E-state index in [2.05, 4.69) is 15.2 Å². The van der Waals surface area contributed by atoms with Crippen molar-refractivity contribution in [3.63, 3.8) is 0 Å². The number of pyridine rings is 1. The fraction of sp³-hybridized carbons (Fsp3) is 0.357. The van der Waals surface area contributed by atoms with Crippen LogP contribution in [0.3, 0.4) is 0 Å². The summed E-state index contributed by atoms with van der Waals surface area (Å²) in [6.45, 7) is 3.45. The molecule has 0 radical (unpaired) electrons. The molecule has 0 fully saturated rings. The Labute approximate surface area is 118 Å². The summed E-state index contributed by atoms with van der Waals surface area (Å²) in [7, 11) is 3.90. The Balaban J connectivity index is 2.17. The van der Waals surface area contributed by atoms with Crippen molar-refractivity contribution in [2.75, 3.05) is 19.0 Å². The van der Waals surface area contributed by atoms with Crippen LogP contribution in [0.5, 0.6) is 0 Å². The first-order valence-electron chi connectivity index (χ1n) is 6.15. The molecule has 0 aliphatic rings. The van der Waals surface area contributed by atoms with E-state index < -0.39 is 0 Å². The van der Waals surface area contributed by atoms with Gasteiger partial charge in [-0.05, 0) is 31.7 Å². The van der Waals surface area contributed by atoms with Crippen molar-refractivity contribution in [2.45, 2.75) is 20.0 Å². The standard InChI is InChI=1S/C14H18ClN3O/c1-10-11(4-5-19-10)9-18(3)14-6-12(7-16-2)13(15)8-17-14/h4-6,8,16H,7,9H2,1-3H3. The van der Waals surface area contributed by atoms with Crippen LogP contribution in [0.25, 0.3) is 0 Å². The highest BCUT2D eigenvalue weighted by molar-refractivity contribution is 6.31. The first-order valence-corrected chi connectivity index (χ1v) is 6.52. The van der Waals surface area contributed by atoms with Crippen molar-refractivity contribution in [3.8, 4) is 0 Å². The monoisotopic (exact) mass is 279 g/mol. The molecule has 0 aliphatic carbocycles. The fourth-order valence-corrected chi connectivity index (χ4v) is 2.08. The van der Waals surface area contributed by atoms with Gasteiger partial charge in [0.05, 0.1) is 11.3 Å². The van der Waals surface area contributed by atoms with Gasteiger partial charge in [0.15, 0.2) is 0 Å². The second-order valence-corrected chi connectivity index (χ2v) is 4.93. The molecule has 0 bridgehead atoms. The van der Waals surface area contributed by atoms with Gasteiger partial charge in [-0.25, -0.2) is 4.98 Å². The molecule has 4 nitrogen and oxygen atoms in total. The number of hydrogen-bond donors (Lipinski definition) is 1. The van der Waals surface area contributed by atoms with Crippen LogP contribution < -0.4 is 10.2 Å². The predicted octanol–water partition coefficient (Wildman–Crippen LogP) is 2.99.